The van der Waals surface area contributed by atoms with Crippen molar-refractivity contribution in [2.75, 3.05) is 13.3 Å². The van der Waals surface area contributed by atoms with E-state index in [1.165, 1.54) is 11.8 Å². The summed E-state index contributed by atoms with van der Waals surface area (Å²) in [6.45, 7) is 6.83. The second-order valence-corrected chi connectivity index (χ2v) is 7.11. The summed E-state index contributed by atoms with van der Waals surface area (Å²) >= 11 is 1.46. The fraction of sp³-hybridized carbons (Fsp3) is 0.500. The van der Waals surface area contributed by atoms with Gasteiger partial charge in [-0.05, 0) is 17.2 Å². The number of thioether (sulfide) groups is 1. The Morgan fingerprint density at radius 2 is 1.91 bits per heavy atom. The molecule has 0 fully saturated rings. The molecule has 1 N–H and O–H groups in total. The minimum absolute atomic E-state index is 0.0327. The number of benzene rings is 1. The van der Waals surface area contributed by atoms with E-state index in [-0.39, 0.29) is 17.4 Å². The number of hydrazone groups is 1. The van der Waals surface area contributed by atoms with Crippen molar-refractivity contribution < 1.29 is 4.79 Å². The highest BCUT2D eigenvalue weighted by Crippen LogP contribution is 2.31. The van der Waals surface area contributed by atoms with Crippen molar-refractivity contribution >= 4 is 22.8 Å². The number of carbonyl (C=O) groups excluding carboxylic acids is 1. The predicted molar refractivity (Wildman–Crippen MR) is 92.1 cm³/mol. The molecule has 1 aromatic rings. The van der Waals surface area contributed by atoms with Crippen LogP contribution >= 0.6 is 11.8 Å². The van der Waals surface area contributed by atoms with E-state index in [0.717, 1.165) is 5.56 Å². The average Bonchev–Trinajstić information content (AvgIpc) is 2.46. The summed E-state index contributed by atoms with van der Waals surface area (Å²) in [5, 5.41) is 8.83. The normalized spacial score (nSPS) is 19.4. The van der Waals surface area contributed by atoms with Crippen LogP contribution in [0.5, 0.6) is 0 Å². The second-order valence-electron chi connectivity index (χ2n) is 6.34. The van der Waals surface area contributed by atoms with Gasteiger partial charge in [0.1, 0.15) is 6.04 Å². The van der Waals surface area contributed by atoms with Crippen LogP contribution in [0.15, 0.2) is 35.4 Å². The van der Waals surface area contributed by atoms with Crippen molar-refractivity contribution in [3.05, 3.63) is 35.9 Å². The molecule has 1 aromatic carbocycles. The number of amidine groups is 1. The molecule has 1 heterocycles. The minimum atomic E-state index is -0.309. The Morgan fingerprint density at radius 1 is 1.27 bits per heavy atom. The summed E-state index contributed by atoms with van der Waals surface area (Å²) in [5.41, 5.74) is 3.88. The largest absolute Gasteiger partial charge is 0.277 e. The number of nitrogens with one attached hydrogen (secondary N) is 1. The maximum absolute atomic E-state index is 12.9. The summed E-state index contributed by atoms with van der Waals surface area (Å²) in [7, 11) is 1.75. The van der Waals surface area contributed by atoms with Crippen molar-refractivity contribution in [3.63, 3.8) is 0 Å². The van der Waals surface area contributed by atoms with Crippen LogP contribution in [0, 0.1) is 5.41 Å². The number of hydrazine groups is 1. The Morgan fingerprint density at radius 3 is 2.41 bits per heavy atom. The molecule has 1 unspecified atom stereocenters. The molecule has 2 rings (SSSR count). The zero-order valence-electron chi connectivity index (χ0n) is 13.8. The highest BCUT2D eigenvalue weighted by molar-refractivity contribution is 8.13. The fourth-order valence-corrected chi connectivity index (χ4v) is 3.16. The third-order valence-electron chi connectivity index (χ3n) is 3.57. The molecule has 22 heavy (non-hydrogen) atoms. The molecule has 1 aliphatic rings. The van der Waals surface area contributed by atoms with Crippen molar-refractivity contribution in [2.45, 2.75) is 33.4 Å². The summed E-state index contributed by atoms with van der Waals surface area (Å²) < 4.78 is 0. The van der Waals surface area contributed by atoms with E-state index < -0.39 is 0 Å². The van der Waals surface area contributed by atoms with E-state index in [1.807, 2.05) is 29.5 Å². The maximum atomic E-state index is 12.9. The Kier molecular flexibility index (Phi) is 5.13. The molecule has 5 nitrogen and oxygen atoms in total. The highest BCUT2D eigenvalue weighted by atomic mass is 32.2. The van der Waals surface area contributed by atoms with Gasteiger partial charge in [-0.25, -0.2) is 10.4 Å². The van der Waals surface area contributed by atoms with Gasteiger partial charge in [0, 0.05) is 7.05 Å². The van der Waals surface area contributed by atoms with Crippen LogP contribution in [0.4, 0.5) is 0 Å². The van der Waals surface area contributed by atoms with Gasteiger partial charge < -0.3 is 0 Å². The molecular formula is C16H24N4OS. The maximum Gasteiger partial charge on any atom is 0.268 e. The van der Waals surface area contributed by atoms with Crippen LogP contribution in [0.25, 0.3) is 0 Å². The van der Waals surface area contributed by atoms with Crippen molar-refractivity contribution in [3.8, 4) is 0 Å². The lowest BCUT2D eigenvalue weighted by molar-refractivity contribution is -0.141. The van der Waals surface area contributed by atoms with Gasteiger partial charge in [0.05, 0.1) is 6.54 Å². The second kappa shape index (κ2) is 6.71. The quantitative estimate of drug-likeness (QED) is 0.930. The number of hydrogen-bond donors (Lipinski definition) is 1. The molecule has 0 bridgehead atoms. The molecule has 1 amide bonds. The molecule has 0 spiro atoms. The average molecular weight is 320 g/mol. The van der Waals surface area contributed by atoms with Crippen molar-refractivity contribution in [2.24, 2.45) is 10.5 Å². The Balaban J connectivity index is 2.39. The monoisotopic (exact) mass is 320 g/mol. The molecule has 0 radical (unpaired) electrons. The van der Waals surface area contributed by atoms with E-state index >= 15 is 0 Å². The summed E-state index contributed by atoms with van der Waals surface area (Å²) in [4.78, 5) is 12.9. The molecule has 1 aliphatic heterocycles. The van der Waals surface area contributed by atoms with Gasteiger partial charge in [0.15, 0.2) is 0 Å². The molecule has 6 heteroatoms. The first-order chi connectivity index (χ1) is 10.4. The Bertz CT molecular complexity index is 553. The Hall–Kier alpha value is -1.53. The van der Waals surface area contributed by atoms with Crippen molar-refractivity contribution in [1.29, 1.82) is 0 Å². The van der Waals surface area contributed by atoms with E-state index in [4.69, 9.17) is 5.10 Å². The number of hydrogen-bond acceptors (Lipinski definition) is 5. The standard InChI is InChI=1S/C16H24N4OS/c1-16(2,3)13-14(21)20(17-4)15(22-5)18-19(13)11-12-9-7-6-8-10-12/h6-10,13,17H,11H2,1-5H3. The first-order valence-corrected chi connectivity index (χ1v) is 8.55. The van der Waals surface area contributed by atoms with Gasteiger partial charge in [-0.15, -0.1) is 5.10 Å². The van der Waals surface area contributed by atoms with Gasteiger partial charge in [0.2, 0.25) is 5.17 Å². The van der Waals surface area contributed by atoms with Gasteiger partial charge >= 0.3 is 0 Å². The van der Waals surface area contributed by atoms with E-state index in [0.29, 0.717) is 11.7 Å². The molecule has 1 atom stereocenters. The summed E-state index contributed by atoms with van der Waals surface area (Å²) in [6, 6.07) is 9.81. The molecular weight excluding hydrogens is 296 g/mol. The lowest BCUT2D eigenvalue weighted by atomic mass is 9.85. The molecule has 0 saturated heterocycles. The van der Waals surface area contributed by atoms with Gasteiger partial charge in [-0.2, -0.15) is 0 Å². The van der Waals surface area contributed by atoms with Crippen LogP contribution in [-0.2, 0) is 11.3 Å². The van der Waals surface area contributed by atoms with Gasteiger partial charge in [0.25, 0.3) is 5.91 Å². The highest BCUT2D eigenvalue weighted by Gasteiger charge is 2.43. The smallest absolute Gasteiger partial charge is 0.268 e. The third kappa shape index (κ3) is 3.44. The number of amides is 1. The summed E-state index contributed by atoms with van der Waals surface area (Å²) in [5.74, 6) is 0.0327. The fourth-order valence-electron chi connectivity index (χ4n) is 2.61. The molecule has 0 aliphatic carbocycles. The SMILES string of the molecule is CNN1C(=O)C(C(C)(C)C)N(Cc2ccccc2)N=C1SC. The number of rotatable bonds is 3. The van der Waals surface area contributed by atoms with Crippen LogP contribution in [0.2, 0.25) is 0 Å². The van der Waals surface area contributed by atoms with Gasteiger partial charge in [-0.3, -0.25) is 9.80 Å². The van der Waals surface area contributed by atoms with E-state index in [1.54, 1.807) is 12.1 Å². The first kappa shape index (κ1) is 16.8. The number of nitrogens with zero attached hydrogens (tertiary/aromatic N) is 3. The van der Waals surface area contributed by atoms with Crippen LogP contribution < -0.4 is 5.43 Å². The zero-order chi connectivity index (χ0) is 16.3. The van der Waals surface area contributed by atoms with Gasteiger partial charge in [-0.1, -0.05) is 62.9 Å². The van der Waals surface area contributed by atoms with Crippen LogP contribution in [0.1, 0.15) is 26.3 Å². The van der Waals surface area contributed by atoms with Crippen molar-refractivity contribution in [1.82, 2.24) is 15.4 Å². The zero-order valence-corrected chi connectivity index (χ0v) is 14.6. The van der Waals surface area contributed by atoms with E-state index in [2.05, 4.69) is 38.3 Å². The topological polar surface area (TPSA) is 47.9 Å². The van der Waals surface area contributed by atoms with Crippen LogP contribution in [-0.4, -0.2) is 40.4 Å². The molecule has 0 aromatic heterocycles. The van der Waals surface area contributed by atoms with E-state index in [9.17, 15) is 4.79 Å². The first-order valence-electron chi connectivity index (χ1n) is 7.33. The third-order valence-corrected chi connectivity index (χ3v) is 4.20. The molecule has 0 saturated carbocycles. The Labute approximate surface area is 136 Å². The lowest BCUT2D eigenvalue weighted by Gasteiger charge is -2.43. The predicted octanol–water partition coefficient (Wildman–Crippen LogP) is 2.51. The minimum Gasteiger partial charge on any atom is -0.277 e. The van der Waals surface area contributed by atoms with Crippen LogP contribution in [0.3, 0.4) is 0 Å². The lowest BCUT2D eigenvalue weighted by Crippen LogP contribution is -2.61. The summed E-state index contributed by atoms with van der Waals surface area (Å²) in [6.07, 6.45) is 1.93. The molecule has 120 valence electrons. The number of carbonyl (C=O) groups is 1.